The molecule has 1 fully saturated rings. The van der Waals surface area contributed by atoms with Crippen molar-refractivity contribution in [2.45, 2.75) is 26.3 Å². The van der Waals surface area contributed by atoms with Crippen LogP contribution in [0.4, 0.5) is 0 Å². The second kappa shape index (κ2) is 5.89. The number of likely N-dealkylation sites (tertiary alicyclic amines) is 1. The number of hydrogen-bond acceptors (Lipinski definition) is 5. The average Bonchev–Trinajstić information content (AvgIpc) is 2.43. The fourth-order valence-electron chi connectivity index (χ4n) is 2.59. The van der Waals surface area contributed by atoms with Crippen molar-refractivity contribution >= 4 is 0 Å². The quantitative estimate of drug-likeness (QED) is 0.631. The zero-order chi connectivity index (χ0) is 14.8. The van der Waals surface area contributed by atoms with Crippen LogP contribution in [0.2, 0.25) is 0 Å². The molecule has 0 spiro atoms. The first kappa shape index (κ1) is 14.9. The molecule has 0 amide bonds. The van der Waals surface area contributed by atoms with Gasteiger partial charge in [0.05, 0.1) is 0 Å². The average molecular weight is 280 g/mol. The van der Waals surface area contributed by atoms with Gasteiger partial charge in [-0.1, -0.05) is 13.0 Å². The number of rotatable bonds is 4. The minimum absolute atomic E-state index is 0.244. The highest BCUT2D eigenvalue weighted by Crippen LogP contribution is 2.37. The fourth-order valence-corrected chi connectivity index (χ4v) is 2.59. The Morgan fingerprint density at radius 2 is 1.80 bits per heavy atom. The maximum atomic E-state index is 9.76. The Morgan fingerprint density at radius 3 is 2.45 bits per heavy atom. The van der Waals surface area contributed by atoms with E-state index in [9.17, 15) is 15.3 Å². The molecule has 5 nitrogen and oxygen atoms in total. The highest BCUT2D eigenvalue weighted by Gasteiger charge is 2.28. The molecule has 0 unspecified atom stereocenters. The molecule has 112 valence electrons. The highest BCUT2D eigenvalue weighted by atomic mass is 16.3. The molecule has 4 N–H and O–H groups in total. The summed E-state index contributed by atoms with van der Waals surface area (Å²) < 4.78 is 0. The largest absolute Gasteiger partial charge is 0.504 e. The Bertz CT molecular complexity index is 468. The number of benzene rings is 1. The maximum Gasteiger partial charge on any atom is 0.200 e. The minimum atomic E-state index is -0.449. The molecule has 1 aromatic carbocycles. The van der Waals surface area contributed by atoms with Crippen LogP contribution in [0, 0.1) is 5.41 Å². The highest BCUT2D eigenvalue weighted by molar-refractivity contribution is 5.52. The monoisotopic (exact) mass is 280 g/mol. The summed E-state index contributed by atoms with van der Waals surface area (Å²) in [6, 6.07) is 3.01. The predicted molar refractivity (Wildman–Crippen MR) is 78.0 cm³/mol. The maximum absolute atomic E-state index is 9.76. The van der Waals surface area contributed by atoms with E-state index in [2.05, 4.69) is 24.2 Å². The van der Waals surface area contributed by atoms with Crippen LogP contribution in [0.15, 0.2) is 12.1 Å². The Balaban J connectivity index is 1.89. The molecule has 0 radical (unpaired) electrons. The van der Waals surface area contributed by atoms with Gasteiger partial charge in [0.15, 0.2) is 11.5 Å². The van der Waals surface area contributed by atoms with Crippen LogP contribution < -0.4 is 5.32 Å². The first-order valence-electron chi connectivity index (χ1n) is 7.03. The van der Waals surface area contributed by atoms with Gasteiger partial charge in [-0.3, -0.25) is 0 Å². The third-order valence-corrected chi connectivity index (χ3v) is 4.27. The van der Waals surface area contributed by atoms with Gasteiger partial charge in [-0.15, -0.1) is 0 Å². The van der Waals surface area contributed by atoms with E-state index in [4.69, 9.17) is 0 Å². The molecule has 2 rings (SSSR count). The van der Waals surface area contributed by atoms with Gasteiger partial charge in [0.1, 0.15) is 0 Å². The SMILES string of the molecule is CN1CCC(C)(CNCc2ccc(O)c(O)c2O)CC1. The van der Waals surface area contributed by atoms with Crippen LogP contribution in [0.5, 0.6) is 17.2 Å². The van der Waals surface area contributed by atoms with Crippen molar-refractivity contribution in [3.63, 3.8) is 0 Å². The van der Waals surface area contributed by atoms with E-state index in [-0.39, 0.29) is 16.9 Å². The summed E-state index contributed by atoms with van der Waals surface area (Å²) in [5, 5.41) is 31.9. The minimum Gasteiger partial charge on any atom is -0.504 e. The molecule has 0 saturated carbocycles. The van der Waals surface area contributed by atoms with E-state index in [1.807, 2.05) is 0 Å². The van der Waals surface area contributed by atoms with Crippen LogP contribution in [0.1, 0.15) is 25.3 Å². The zero-order valence-electron chi connectivity index (χ0n) is 12.2. The number of phenols is 3. The lowest BCUT2D eigenvalue weighted by molar-refractivity contribution is 0.136. The second-order valence-electron chi connectivity index (χ2n) is 6.16. The Morgan fingerprint density at radius 1 is 1.15 bits per heavy atom. The predicted octanol–water partition coefficient (Wildman–Crippen LogP) is 1.62. The van der Waals surface area contributed by atoms with Gasteiger partial charge < -0.3 is 25.5 Å². The lowest BCUT2D eigenvalue weighted by Crippen LogP contribution is -2.41. The molecule has 1 aliphatic heterocycles. The van der Waals surface area contributed by atoms with E-state index in [0.29, 0.717) is 12.1 Å². The van der Waals surface area contributed by atoms with Crippen LogP contribution in [-0.4, -0.2) is 46.9 Å². The second-order valence-corrected chi connectivity index (χ2v) is 6.16. The summed E-state index contributed by atoms with van der Waals surface area (Å²) in [5.74, 6) is -0.991. The normalized spacial score (nSPS) is 19.1. The molecule has 0 aliphatic carbocycles. The topological polar surface area (TPSA) is 76.0 Å². The molecule has 0 aromatic heterocycles. The summed E-state index contributed by atoms with van der Waals surface area (Å²) in [7, 11) is 2.14. The van der Waals surface area contributed by atoms with E-state index in [1.54, 1.807) is 6.07 Å². The fraction of sp³-hybridized carbons (Fsp3) is 0.600. The molecule has 1 aromatic rings. The van der Waals surface area contributed by atoms with Crippen molar-refractivity contribution in [1.82, 2.24) is 10.2 Å². The first-order valence-corrected chi connectivity index (χ1v) is 7.03. The van der Waals surface area contributed by atoms with Gasteiger partial charge >= 0.3 is 0 Å². The van der Waals surface area contributed by atoms with Gasteiger partial charge in [0.25, 0.3) is 0 Å². The van der Waals surface area contributed by atoms with Crippen LogP contribution in [-0.2, 0) is 6.54 Å². The van der Waals surface area contributed by atoms with Gasteiger partial charge in [-0.25, -0.2) is 0 Å². The lowest BCUT2D eigenvalue weighted by atomic mass is 9.80. The number of phenolic OH excluding ortho intramolecular Hbond substituents is 3. The summed E-state index contributed by atoms with van der Waals surface area (Å²) in [6.07, 6.45) is 2.31. The summed E-state index contributed by atoms with van der Waals surface area (Å²) in [6.45, 7) is 5.86. The standard InChI is InChI=1S/C15H24N2O3/c1-15(5-7-17(2)8-6-15)10-16-9-11-3-4-12(18)14(20)13(11)19/h3-4,16,18-20H,5-10H2,1-2H3. The molecule has 1 heterocycles. The molecular weight excluding hydrogens is 256 g/mol. The number of aromatic hydroxyl groups is 3. The van der Waals surface area contributed by atoms with Crippen LogP contribution >= 0.6 is 0 Å². The van der Waals surface area contributed by atoms with E-state index in [0.717, 1.165) is 32.5 Å². The molecule has 20 heavy (non-hydrogen) atoms. The molecular formula is C15H24N2O3. The van der Waals surface area contributed by atoms with Gasteiger partial charge in [-0.05, 0) is 44.5 Å². The van der Waals surface area contributed by atoms with Crippen molar-refractivity contribution in [2.75, 3.05) is 26.7 Å². The van der Waals surface area contributed by atoms with Crippen molar-refractivity contribution in [1.29, 1.82) is 0 Å². The van der Waals surface area contributed by atoms with Crippen molar-refractivity contribution in [3.8, 4) is 17.2 Å². The van der Waals surface area contributed by atoms with Crippen LogP contribution in [0.3, 0.4) is 0 Å². The number of nitrogens with one attached hydrogen (secondary N) is 1. The van der Waals surface area contributed by atoms with Crippen molar-refractivity contribution in [3.05, 3.63) is 17.7 Å². The van der Waals surface area contributed by atoms with Crippen molar-refractivity contribution < 1.29 is 15.3 Å². The smallest absolute Gasteiger partial charge is 0.200 e. The molecule has 1 aliphatic rings. The van der Waals surface area contributed by atoms with E-state index >= 15 is 0 Å². The van der Waals surface area contributed by atoms with E-state index in [1.165, 1.54) is 6.07 Å². The number of piperidine rings is 1. The molecule has 0 bridgehead atoms. The van der Waals surface area contributed by atoms with Crippen molar-refractivity contribution in [2.24, 2.45) is 5.41 Å². The molecule has 0 atom stereocenters. The Labute approximate surface area is 119 Å². The Kier molecular flexibility index (Phi) is 4.40. The Hall–Kier alpha value is -1.46. The lowest BCUT2D eigenvalue weighted by Gasteiger charge is -2.38. The number of nitrogens with zero attached hydrogens (tertiary/aromatic N) is 1. The van der Waals surface area contributed by atoms with Crippen LogP contribution in [0.25, 0.3) is 0 Å². The summed E-state index contributed by atoms with van der Waals surface area (Å²) >= 11 is 0. The zero-order valence-corrected chi connectivity index (χ0v) is 12.2. The van der Waals surface area contributed by atoms with Gasteiger partial charge in [0.2, 0.25) is 5.75 Å². The van der Waals surface area contributed by atoms with Gasteiger partial charge in [0, 0.05) is 18.7 Å². The molecule has 1 saturated heterocycles. The first-order chi connectivity index (χ1) is 9.41. The van der Waals surface area contributed by atoms with E-state index < -0.39 is 5.75 Å². The third kappa shape index (κ3) is 3.35. The van der Waals surface area contributed by atoms with Gasteiger partial charge in [-0.2, -0.15) is 0 Å². The number of hydrogen-bond donors (Lipinski definition) is 4. The summed E-state index contributed by atoms with van der Waals surface area (Å²) in [4.78, 5) is 2.34. The summed E-state index contributed by atoms with van der Waals surface area (Å²) in [5.41, 5.74) is 0.873. The third-order valence-electron chi connectivity index (χ3n) is 4.27. The molecule has 5 heteroatoms.